The van der Waals surface area contributed by atoms with Crippen molar-refractivity contribution in [3.8, 4) is 5.75 Å². The van der Waals surface area contributed by atoms with Gasteiger partial charge >= 0.3 is 0 Å². The zero-order chi connectivity index (χ0) is 24.6. The maximum atomic E-state index is 12.9. The summed E-state index contributed by atoms with van der Waals surface area (Å²) in [5.74, 6) is -0.189. The number of ether oxygens (including phenoxy) is 1. The molecule has 1 atom stereocenters. The minimum atomic E-state index is -0.623. The normalized spacial score (nSPS) is 20.3. The third kappa shape index (κ3) is 4.11. The maximum Gasteiger partial charge on any atom is 0.255 e. The molecule has 1 N–H and O–H groups in total. The van der Waals surface area contributed by atoms with E-state index < -0.39 is 11.9 Å². The first-order valence-corrected chi connectivity index (χ1v) is 12.1. The second-order valence-corrected chi connectivity index (χ2v) is 9.32. The highest BCUT2D eigenvalue weighted by atomic mass is 16.5. The second-order valence-electron chi connectivity index (χ2n) is 9.32. The van der Waals surface area contributed by atoms with Crippen LogP contribution in [-0.2, 0) is 16.1 Å². The van der Waals surface area contributed by atoms with E-state index in [1.807, 2.05) is 48.5 Å². The molecular formula is C27H25N5O4. The van der Waals surface area contributed by atoms with Crippen molar-refractivity contribution in [1.82, 2.24) is 25.1 Å². The van der Waals surface area contributed by atoms with Gasteiger partial charge in [0.2, 0.25) is 11.8 Å². The number of benzene rings is 1. The Balaban J connectivity index is 1.12. The number of amides is 3. The molecule has 3 aromatic rings. The molecule has 36 heavy (non-hydrogen) atoms. The second kappa shape index (κ2) is 9.16. The monoisotopic (exact) mass is 483 g/mol. The van der Waals surface area contributed by atoms with Crippen LogP contribution in [0.1, 0.15) is 46.2 Å². The van der Waals surface area contributed by atoms with E-state index >= 15 is 0 Å². The number of fused-ring (bicyclic) bond motifs is 1. The molecule has 3 amide bonds. The fourth-order valence-corrected chi connectivity index (χ4v) is 5.17. The van der Waals surface area contributed by atoms with Crippen LogP contribution in [0.4, 0.5) is 0 Å². The largest absolute Gasteiger partial charge is 0.488 e. The van der Waals surface area contributed by atoms with Crippen LogP contribution >= 0.6 is 0 Å². The molecule has 6 rings (SSSR count). The van der Waals surface area contributed by atoms with Crippen molar-refractivity contribution < 1.29 is 19.1 Å². The zero-order valence-electron chi connectivity index (χ0n) is 19.5. The van der Waals surface area contributed by atoms with Gasteiger partial charge in [0.25, 0.3) is 5.91 Å². The van der Waals surface area contributed by atoms with Crippen molar-refractivity contribution in [2.45, 2.75) is 37.6 Å². The summed E-state index contributed by atoms with van der Waals surface area (Å²) in [6, 6.07) is 16.6. The molecular weight excluding hydrogens is 458 g/mol. The van der Waals surface area contributed by atoms with Crippen LogP contribution in [0.15, 0.2) is 67.0 Å². The topological polar surface area (TPSA) is 105 Å². The minimum Gasteiger partial charge on any atom is -0.488 e. The fraction of sp³-hybridized carbons (Fsp3) is 0.296. The van der Waals surface area contributed by atoms with E-state index in [0.29, 0.717) is 24.3 Å². The number of carbonyl (C=O) groups is 3. The number of hydrogen-bond donors (Lipinski definition) is 1. The summed E-state index contributed by atoms with van der Waals surface area (Å²) in [7, 11) is 0. The van der Waals surface area contributed by atoms with Crippen LogP contribution in [0.5, 0.6) is 5.75 Å². The number of nitrogens with zero attached hydrogens (tertiary/aromatic N) is 4. The van der Waals surface area contributed by atoms with E-state index in [2.05, 4.69) is 20.2 Å². The van der Waals surface area contributed by atoms with E-state index in [0.717, 1.165) is 30.0 Å². The molecule has 3 aliphatic rings. The Morgan fingerprint density at radius 3 is 2.31 bits per heavy atom. The molecule has 2 aromatic heterocycles. The average Bonchev–Trinajstić information content (AvgIpc) is 3.19. The standard InChI is InChI=1S/C27H25N5O4/c33-24-10-9-23(26(34)30-24)32-14-17-13-18(7-8-20(17)27(32)35)36-19-15-31(16-19)25(21-5-1-3-11-28-21)22-6-2-4-12-29-22/h1-8,11-13,19,23,25H,9-10,14-16H2,(H,30,33,34). The summed E-state index contributed by atoms with van der Waals surface area (Å²) in [4.78, 5) is 49.6. The van der Waals surface area contributed by atoms with E-state index in [9.17, 15) is 14.4 Å². The van der Waals surface area contributed by atoms with Gasteiger partial charge < -0.3 is 9.64 Å². The third-order valence-electron chi connectivity index (χ3n) is 6.98. The number of rotatable bonds is 6. The van der Waals surface area contributed by atoms with Gasteiger partial charge in [-0.3, -0.25) is 34.6 Å². The lowest BCUT2D eigenvalue weighted by atomic mass is 10.0. The first kappa shape index (κ1) is 22.4. The van der Waals surface area contributed by atoms with Gasteiger partial charge in [-0.2, -0.15) is 0 Å². The minimum absolute atomic E-state index is 0.00122. The Morgan fingerprint density at radius 2 is 1.67 bits per heavy atom. The van der Waals surface area contributed by atoms with Crippen molar-refractivity contribution >= 4 is 17.7 Å². The highest BCUT2D eigenvalue weighted by molar-refractivity contribution is 6.05. The van der Waals surface area contributed by atoms with Crippen LogP contribution in [-0.4, -0.2) is 62.7 Å². The molecule has 182 valence electrons. The Morgan fingerprint density at radius 1 is 0.944 bits per heavy atom. The lowest BCUT2D eigenvalue weighted by molar-refractivity contribution is -0.136. The van der Waals surface area contributed by atoms with Crippen molar-refractivity contribution in [3.63, 3.8) is 0 Å². The number of pyridine rings is 2. The number of nitrogens with one attached hydrogen (secondary N) is 1. The fourth-order valence-electron chi connectivity index (χ4n) is 5.17. The van der Waals surface area contributed by atoms with Gasteiger partial charge in [0.1, 0.15) is 17.9 Å². The van der Waals surface area contributed by atoms with E-state index in [1.165, 1.54) is 0 Å². The molecule has 1 aromatic carbocycles. The molecule has 1 unspecified atom stereocenters. The third-order valence-corrected chi connectivity index (χ3v) is 6.98. The predicted molar refractivity (Wildman–Crippen MR) is 129 cm³/mol. The SMILES string of the molecule is O=C1CCC(N2Cc3cc(OC4CN(C(c5ccccn5)c5ccccn5)C4)ccc3C2=O)C(=O)N1. The summed E-state index contributed by atoms with van der Waals surface area (Å²) in [5, 5.41) is 2.33. The molecule has 0 aliphatic carbocycles. The van der Waals surface area contributed by atoms with Crippen molar-refractivity contribution in [1.29, 1.82) is 0 Å². The van der Waals surface area contributed by atoms with Crippen LogP contribution in [0.2, 0.25) is 0 Å². The molecule has 9 nitrogen and oxygen atoms in total. The first-order valence-electron chi connectivity index (χ1n) is 12.1. The smallest absolute Gasteiger partial charge is 0.255 e. The van der Waals surface area contributed by atoms with Gasteiger partial charge in [-0.25, -0.2) is 0 Å². The van der Waals surface area contributed by atoms with Gasteiger partial charge in [-0.05, 0) is 54.4 Å². The number of likely N-dealkylation sites (tertiary alicyclic amines) is 1. The van der Waals surface area contributed by atoms with E-state index in [1.54, 1.807) is 23.4 Å². The maximum absolute atomic E-state index is 12.9. The molecule has 0 saturated carbocycles. The molecule has 2 fully saturated rings. The summed E-state index contributed by atoms with van der Waals surface area (Å²) < 4.78 is 6.24. The number of piperidine rings is 1. The van der Waals surface area contributed by atoms with Crippen LogP contribution < -0.4 is 10.1 Å². The Labute approximate surface area is 208 Å². The quantitative estimate of drug-likeness (QED) is 0.536. The van der Waals surface area contributed by atoms with Crippen LogP contribution in [0, 0.1) is 0 Å². The van der Waals surface area contributed by atoms with Crippen LogP contribution in [0.3, 0.4) is 0 Å². The lowest BCUT2D eigenvalue weighted by Crippen LogP contribution is -2.55. The van der Waals surface area contributed by atoms with E-state index in [4.69, 9.17) is 4.74 Å². The molecule has 2 saturated heterocycles. The van der Waals surface area contributed by atoms with Crippen molar-refractivity contribution in [3.05, 3.63) is 89.5 Å². The van der Waals surface area contributed by atoms with Crippen molar-refractivity contribution in [2.24, 2.45) is 0 Å². The van der Waals surface area contributed by atoms with Crippen LogP contribution in [0.25, 0.3) is 0 Å². The Hall–Kier alpha value is -4.11. The van der Waals surface area contributed by atoms with Gasteiger partial charge in [0.05, 0.1) is 17.4 Å². The van der Waals surface area contributed by atoms with Gasteiger partial charge in [-0.1, -0.05) is 12.1 Å². The number of carbonyl (C=O) groups excluding carboxylic acids is 3. The highest BCUT2D eigenvalue weighted by Gasteiger charge is 2.40. The molecule has 9 heteroatoms. The number of aromatic nitrogens is 2. The lowest BCUT2D eigenvalue weighted by Gasteiger charge is -2.43. The summed E-state index contributed by atoms with van der Waals surface area (Å²) in [6.07, 6.45) is 4.17. The average molecular weight is 484 g/mol. The van der Waals surface area contributed by atoms with Crippen molar-refractivity contribution in [2.75, 3.05) is 13.1 Å². The molecule has 0 spiro atoms. The Kier molecular flexibility index (Phi) is 5.69. The summed E-state index contributed by atoms with van der Waals surface area (Å²) in [5.41, 5.74) is 3.30. The summed E-state index contributed by atoms with van der Waals surface area (Å²) >= 11 is 0. The zero-order valence-corrected chi connectivity index (χ0v) is 19.5. The molecule has 5 heterocycles. The van der Waals surface area contributed by atoms with Gasteiger partial charge in [-0.15, -0.1) is 0 Å². The van der Waals surface area contributed by atoms with E-state index in [-0.39, 0.29) is 30.4 Å². The van der Waals surface area contributed by atoms with Gasteiger partial charge in [0, 0.05) is 44.0 Å². The number of imide groups is 1. The highest BCUT2D eigenvalue weighted by Crippen LogP contribution is 2.34. The van der Waals surface area contributed by atoms with Gasteiger partial charge in [0.15, 0.2) is 0 Å². The first-order chi connectivity index (χ1) is 17.6. The Bertz CT molecular complexity index is 1270. The molecule has 0 radical (unpaired) electrons. The molecule has 0 bridgehead atoms. The summed E-state index contributed by atoms with van der Waals surface area (Å²) in [6.45, 7) is 1.77. The molecule has 3 aliphatic heterocycles. The predicted octanol–water partition coefficient (Wildman–Crippen LogP) is 2.09. The number of hydrogen-bond acceptors (Lipinski definition) is 7.